The van der Waals surface area contributed by atoms with E-state index in [9.17, 15) is 4.79 Å². The van der Waals surface area contributed by atoms with Crippen molar-refractivity contribution in [3.8, 4) is 0 Å². The summed E-state index contributed by atoms with van der Waals surface area (Å²) in [6.45, 7) is 2.01. The molecule has 0 bridgehead atoms. The maximum atomic E-state index is 12.3. The Kier molecular flexibility index (Phi) is 3.99. The van der Waals surface area contributed by atoms with Gasteiger partial charge in [0.2, 0.25) is 0 Å². The molecule has 0 saturated heterocycles. The third-order valence-corrected chi connectivity index (χ3v) is 4.08. The summed E-state index contributed by atoms with van der Waals surface area (Å²) in [4.78, 5) is 19.0. The first kappa shape index (κ1) is 13.1. The smallest absolute Gasteiger partial charge is 0.254 e. The number of halogens is 1. The first-order chi connectivity index (χ1) is 8.59. The summed E-state index contributed by atoms with van der Waals surface area (Å²) in [5.41, 5.74) is 0.556. The van der Waals surface area contributed by atoms with Gasteiger partial charge in [-0.3, -0.25) is 4.79 Å². The predicted octanol–water partition coefficient (Wildman–Crippen LogP) is 3.63. The molecular weight excluding hydrogens is 268 g/mol. The van der Waals surface area contributed by atoms with Gasteiger partial charge in [-0.05, 0) is 30.5 Å². The van der Waals surface area contributed by atoms with E-state index < -0.39 is 0 Å². The molecule has 0 radical (unpaired) electrons. The molecule has 2 aromatic rings. The molecule has 0 fully saturated rings. The maximum Gasteiger partial charge on any atom is 0.254 e. The Morgan fingerprint density at radius 3 is 2.89 bits per heavy atom. The highest BCUT2D eigenvalue weighted by molar-refractivity contribution is 7.10. The lowest BCUT2D eigenvalue weighted by molar-refractivity contribution is 0.0745. The molecule has 0 aromatic carbocycles. The van der Waals surface area contributed by atoms with E-state index >= 15 is 0 Å². The second kappa shape index (κ2) is 5.50. The van der Waals surface area contributed by atoms with Crippen LogP contribution < -0.4 is 0 Å². The quantitative estimate of drug-likeness (QED) is 0.805. The molecule has 2 rings (SSSR count). The zero-order valence-electron chi connectivity index (χ0n) is 10.1. The van der Waals surface area contributed by atoms with Gasteiger partial charge in [0.05, 0.1) is 6.04 Å². The van der Waals surface area contributed by atoms with Crippen LogP contribution in [0.3, 0.4) is 0 Å². The van der Waals surface area contributed by atoms with Crippen LogP contribution in [0.15, 0.2) is 35.8 Å². The van der Waals surface area contributed by atoms with E-state index in [1.54, 1.807) is 41.6 Å². The van der Waals surface area contributed by atoms with Crippen LogP contribution in [0.2, 0.25) is 5.15 Å². The highest BCUT2D eigenvalue weighted by atomic mass is 35.5. The lowest BCUT2D eigenvalue weighted by Crippen LogP contribution is -2.29. The minimum atomic E-state index is -0.0554. The van der Waals surface area contributed by atoms with Crippen molar-refractivity contribution < 1.29 is 4.79 Å². The van der Waals surface area contributed by atoms with Crippen LogP contribution in [-0.2, 0) is 0 Å². The fraction of sp³-hybridized carbons (Fsp3) is 0.231. The Balaban J connectivity index is 2.19. The molecule has 94 valence electrons. The van der Waals surface area contributed by atoms with Gasteiger partial charge in [-0.15, -0.1) is 11.3 Å². The minimum absolute atomic E-state index is 0.0458. The molecule has 0 N–H and O–H groups in total. The lowest BCUT2D eigenvalue weighted by atomic mass is 10.2. The average molecular weight is 281 g/mol. The second-order valence-electron chi connectivity index (χ2n) is 3.97. The molecule has 2 aromatic heterocycles. The van der Waals surface area contributed by atoms with E-state index in [2.05, 4.69) is 4.98 Å². The minimum Gasteiger partial charge on any atom is -0.334 e. The number of aromatic nitrogens is 1. The fourth-order valence-corrected chi connectivity index (χ4v) is 2.64. The summed E-state index contributed by atoms with van der Waals surface area (Å²) in [5.74, 6) is -0.0554. The molecule has 0 aliphatic carbocycles. The molecule has 1 atom stereocenters. The number of hydrogen-bond acceptors (Lipinski definition) is 3. The van der Waals surface area contributed by atoms with Gasteiger partial charge < -0.3 is 4.90 Å². The molecule has 0 aliphatic rings. The Morgan fingerprint density at radius 1 is 1.50 bits per heavy atom. The molecule has 0 aliphatic heterocycles. The lowest BCUT2D eigenvalue weighted by Gasteiger charge is -2.24. The van der Waals surface area contributed by atoms with E-state index in [1.165, 1.54) is 0 Å². The Bertz CT molecular complexity index is 542. The zero-order valence-corrected chi connectivity index (χ0v) is 11.7. The highest BCUT2D eigenvalue weighted by Gasteiger charge is 2.19. The van der Waals surface area contributed by atoms with Gasteiger partial charge in [-0.25, -0.2) is 4.98 Å². The number of carbonyl (C=O) groups excluding carboxylic acids is 1. The molecule has 2 heterocycles. The van der Waals surface area contributed by atoms with Crippen molar-refractivity contribution in [2.45, 2.75) is 13.0 Å². The van der Waals surface area contributed by atoms with Crippen LogP contribution in [0, 0.1) is 0 Å². The van der Waals surface area contributed by atoms with E-state index in [0.717, 1.165) is 4.88 Å². The van der Waals surface area contributed by atoms with Crippen LogP contribution >= 0.6 is 22.9 Å². The number of thiophene rings is 1. The number of rotatable bonds is 3. The Hall–Kier alpha value is -1.39. The van der Waals surface area contributed by atoms with E-state index in [-0.39, 0.29) is 11.9 Å². The molecule has 0 spiro atoms. The van der Waals surface area contributed by atoms with Gasteiger partial charge >= 0.3 is 0 Å². The van der Waals surface area contributed by atoms with Crippen molar-refractivity contribution in [2.75, 3.05) is 7.05 Å². The molecule has 18 heavy (non-hydrogen) atoms. The van der Waals surface area contributed by atoms with Crippen molar-refractivity contribution in [3.63, 3.8) is 0 Å². The molecule has 5 heteroatoms. The van der Waals surface area contributed by atoms with Crippen LogP contribution in [0.4, 0.5) is 0 Å². The highest BCUT2D eigenvalue weighted by Crippen LogP contribution is 2.24. The normalized spacial score (nSPS) is 12.2. The van der Waals surface area contributed by atoms with E-state index in [4.69, 9.17) is 11.6 Å². The topological polar surface area (TPSA) is 33.2 Å². The van der Waals surface area contributed by atoms with Crippen LogP contribution in [0.1, 0.15) is 28.2 Å². The van der Waals surface area contributed by atoms with Crippen molar-refractivity contribution in [1.82, 2.24) is 9.88 Å². The van der Waals surface area contributed by atoms with Crippen molar-refractivity contribution in [3.05, 3.63) is 51.4 Å². The third kappa shape index (κ3) is 2.71. The molecule has 1 amide bonds. The zero-order chi connectivity index (χ0) is 13.1. The first-order valence-corrected chi connectivity index (χ1v) is 6.77. The summed E-state index contributed by atoms with van der Waals surface area (Å²) in [5, 5.41) is 2.34. The SMILES string of the molecule is CC(c1cccs1)N(C)C(=O)c1ccnc(Cl)c1. The number of amides is 1. The predicted molar refractivity (Wildman–Crippen MR) is 74.1 cm³/mol. The van der Waals surface area contributed by atoms with E-state index in [0.29, 0.717) is 10.7 Å². The van der Waals surface area contributed by atoms with Gasteiger partial charge in [0.25, 0.3) is 5.91 Å². The molecule has 3 nitrogen and oxygen atoms in total. The summed E-state index contributed by atoms with van der Waals surface area (Å²) in [6.07, 6.45) is 1.54. The van der Waals surface area contributed by atoms with Crippen LogP contribution in [0.5, 0.6) is 0 Å². The second-order valence-corrected chi connectivity index (χ2v) is 5.34. The summed E-state index contributed by atoms with van der Waals surface area (Å²) in [6, 6.07) is 7.31. The standard InChI is InChI=1S/C13H13ClN2OS/c1-9(11-4-3-7-18-11)16(2)13(17)10-5-6-15-12(14)8-10/h3-9H,1-2H3. The van der Waals surface area contributed by atoms with Crippen molar-refractivity contribution in [2.24, 2.45) is 0 Å². The number of nitrogens with zero attached hydrogens (tertiary/aromatic N) is 2. The van der Waals surface area contributed by atoms with E-state index in [1.807, 2.05) is 24.4 Å². The van der Waals surface area contributed by atoms with Gasteiger partial charge in [0.1, 0.15) is 5.15 Å². The monoisotopic (exact) mass is 280 g/mol. The van der Waals surface area contributed by atoms with Gasteiger partial charge in [-0.2, -0.15) is 0 Å². The summed E-state index contributed by atoms with van der Waals surface area (Å²) >= 11 is 7.44. The molecule has 1 unspecified atom stereocenters. The van der Waals surface area contributed by atoms with Crippen molar-refractivity contribution in [1.29, 1.82) is 0 Å². The third-order valence-electron chi connectivity index (χ3n) is 2.83. The average Bonchev–Trinajstić information content (AvgIpc) is 2.90. The van der Waals surface area contributed by atoms with Crippen LogP contribution in [0.25, 0.3) is 0 Å². The Morgan fingerprint density at radius 2 is 2.28 bits per heavy atom. The number of hydrogen-bond donors (Lipinski definition) is 0. The first-order valence-electron chi connectivity index (χ1n) is 5.51. The number of carbonyl (C=O) groups is 1. The van der Waals surface area contributed by atoms with Gasteiger partial charge in [0.15, 0.2) is 0 Å². The molecule has 0 saturated carbocycles. The van der Waals surface area contributed by atoms with Gasteiger partial charge in [0, 0.05) is 23.7 Å². The van der Waals surface area contributed by atoms with Crippen LogP contribution in [-0.4, -0.2) is 22.8 Å². The van der Waals surface area contributed by atoms with Gasteiger partial charge in [-0.1, -0.05) is 17.7 Å². The maximum absolute atomic E-state index is 12.3. The summed E-state index contributed by atoms with van der Waals surface area (Å²) in [7, 11) is 1.79. The molecular formula is C13H13ClN2OS. The summed E-state index contributed by atoms with van der Waals surface area (Å²) < 4.78 is 0. The largest absolute Gasteiger partial charge is 0.334 e. The number of pyridine rings is 1. The van der Waals surface area contributed by atoms with Crippen molar-refractivity contribution >= 4 is 28.8 Å². The fourth-order valence-electron chi connectivity index (χ4n) is 1.63. The Labute approximate surface area is 115 Å².